The van der Waals surface area contributed by atoms with Crippen LogP contribution in [0.4, 0.5) is 0 Å². The maximum atomic E-state index is 8.46. The molecule has 10 aromatic carbocycles. The van der Waals surface area contributed by atoms with E-state index in [1.54, 1.807) is 24.4 Å². The Bertz CT molecular complexity index is 7680. The quantitative estimate of drug-likeness (QED) is 0.148. The zero-order chi connectivity index (χ0) is 88.9. The highest BCUT2D eigenvalue weighted by atomic mass is 16.3. The van der Waals surface area contributed by atoms with Crippen molar-refractivity contribution < 1.29 is 54.5 Å². The number of pyridine rings is 5. The lowest BCUT2D eigenvalue weighted by Crippen LogP contribution is -2.31. The van der Waals surface area contributed by atoms with Crippen molar-refractivity contribution >= 4 is 110 Å². The van der Waals surface area contributed by atoms with Crippen LogP contribution in [0.3, 0.4) is 0 Å². The van der Waals surface area contributed by atoms with Crippen molar-refractivity contribution in [1.82, 2.24) is 0 Å². The van der Waals surface area contributed by atoms with Crippen LogP contribution in [0.2, 0.25) is 0 Å². The second-order valence-corrected chi connectivity index (χ2v) is 32.4. The molecule has 0 spiro atoms. The average Bonchev–Trinajstić information content (AvgIpc) is 1.62. The van der Waals surface area contributed by atoms with E-state index in [-0.39, 0.29) is 0 Å². The first-order valence-electron chi connectivity index (χ1n) is 44.0. The minimum atomic E-state index is -2.43. The van der Waals surface area contributed by atoms with Crippen molar-refractivity contribution in [3.8, 4) is 56.3 Å². The van der Waals surface area contributed by atoms with Crippen LogP contribution in [0.15, 0.2) is 271 Å². The third-order valence-electron chi connectivity index (χ3n) is 23.5. The first kappa shape index (κ1) is 70.4. The zero-order valence-electron chi connectivity index (χ0n) is 78.0. The van der Waals surface area contributed by atoms with Gasteiger partial charge in [0.15, 0.2) is 31.0 Å². The second kappa shape index (κ2) is 31.9. The Hall–Kier alpha value is -13.1. The molecule has 0 fully saturated rings. The van der Waals surface area contributed by atoms with Crippen molar-refractivity contribution in [2.75, 3.05) is 0 Å². The Morgan fingerprint density at radius 1 is 0.271 bits per heavy atom. The molecule has 0 saturated carbocycles. The average molecular weight is 1560 g/mol. The van der Waals surface area contributed by atoms with Gasteiger partial charge in [-0.3, -0.25) is 0 Å². The number of aromatic nitrogens is 5. The molecule has 0 aliphatic rings. The van der Waals surface area contributed by atoms with Crippen LogP contribution >= 0.6 is 0 Å². The van der Waals surface area contributed by atoms with Gasteiger partial charge in [-0.05, 0) is 198 Å². The first-order chi connectivity index (χ1) is 59.5. The number of hydrogen-bond acceptors (Lipinski definition) is 5. The molecule has 1 unspecified atom stereocenters. The summed E-state index contributed by atoms with van der Waals surface area (Å²) < 4.78 is 96.2. The first-order valence-corrected chi connectivity index (χ1v) is 40.5. The van der Waals surface area contributed by atoms with Gasteiger partial charge in [0, 0.05) is 123 Å². The fourth-order valence-electron chi connectivity index (χ4n) is 17.4. The summed E-state index contributed by atoms with van der Waals surface area (Å²) >= 11 is 0. The summed E-state index contributed by atoms with van der Waals surface area (Å²) in [6.45, 7) is 24.9. The molecule has 0 N–H and O–H groups in total. The lowest BCUT2D eigenvalue weighted by atomic mass is 9.95. The van der Waals surface area contributed by atoms with Crippen molar-refractivity contribution in [2.24, 2.45) is 35.2 Å². The summed E-state index contributed by atoms with van der Waals surface area (Å²) in [5, 5.41) is 11.5. The summed E-state index contributed by atoms with van der Waals surface area (Å²) in [5.74, 6) is -1.21. The Morgan fingerprint density at radius 3 is 1.03 bits per heavy atom. The predicted molar refractivity (Wildman–Crippen MR) is 487 cm³/mol. The summed E-state index contributed by atoms with van der Waals surface area (Å²) in [7, 11) is 10.1. The summed E-state index contributed by atoms with van der Waals surface area (Å²) in [5.41, 5.74) is 35.5. The van der Waals surface area contributed by atoms with E-state index in [4.69, 9.17) is 31.7 Å². The zero-order valence-corrected chi connectivity index (χ0v) is 71.0. The standard InChI is InChI=1S/C23H24NO.2C22H22NO.C21H20NO.C20H18NO/c1-14(2)17-10-11-24(5)19(13-17)22-16(4)12-15(3)21-18-8-6-7-9-20(18)25-23(21)22;1-13-11-18(23(5)12-16(13)4)21-15(3)10-14(2)20-17-8-6-7-9-19(17)24-22(20)21;1-14(2)16-11-12-23(4)19(13-16)21-15(3)9-10-18-17-7-5-6-8-20(17)24-22(18)21;1-13-9-10-17(22(4)12-13)20-15(3)11-14(2)19-16-7-5-6-8-18(16)23-21(19)20;1-13-8-11-17(21(3)12-13)19-14(2)9-10-16-15-6-4-5-7-18(15)22-20(16)19/h6-14H,1-5H3;6-12H,1-5H3;5-14H,1-4H3;5-12H,1-4H3;4-12H,1-3H3/q5*+1/i;;1D3,14D;;1D3. The molecule has 0 amide bonds. The van der Waals surface area contributed by atoms with Gasteiger partial charge in [0.05, 0.1) is 27.8 Å². The number of hydrogen-bond donors (Lipinski definition) is 0. The Morgan fingerprint density at radius 2 is 0.610 bits per heavy atom. The number of aryl methyl sites for hydroxylation is 17. The van der Waals surface area contributed by atoms with E-state index < -0.39 is 19.6 Å². The van der Waals surface area contributed by atoms with E-state index in [9.17, 15) is 0 Å². The molecule has 0 aliphatic carbocycles. The van der Waals surface area contributed by atoms with E-state index in [0.717, 1.165) is 111 Å². The third-order valence-corrected chi connectivity index (χ3v) is 23.5. The van der Waals surface area contributed by atoms with Crippen LogP contribution in [-0.2, 0) is 35.2 Å². The van der Waals surface area contributed by atoms with Gasteiger partial charge in [0.2, 0.25) is 28.5 Å². The fourth-order valence-corrected chi connectivity index (χ4v) is 17.4. The molecule has 0 saturated heterocycles. The Labute approximate surface area is 701 Å². The molecule has 20 rings (SSSR count). The highest BCUT2D eigenvalue weighted by Crippen LogP contribution is 2.45. The Kier molecular flexibility index (Phi) is 19.0. The summed E-state index contributed by atoms with van der Waals surface area (Å²) in [6.07, 6.45) is 9.98. The number of furan rings is 5. The molecule has 0 aliphatic heterocycles. The molecule has 10 heteroatoms. The molecule has 0 radical (unpaired) electrons. The van der Waals surface area contributed by atoms with Crippen molar-refractivity contribution in [3.05, 3.63) is 327 Å². The minimum Gasteiger partial charge on any atom is -0.455 e. The van der Waals surface area contributed by atoms with Gasteiger partial charge in [0.1, 0.15) is 91.1 Å². The van der Waals surface area contributed by atoms with E-state index in [2.05, 4.69) is 251 Å². The monoisotopic (exact) mass is 1560 g/mol. The Balaban J connectivity index is 0.000000115. The van der Waals surface area contributed by atoms with Gasteiger partial charge in [-0.25, -0.2) is 22.8 Å². The van der Waals surface area contributed by atoms with Crippen molar-refractivity contribution in [2.45, 2.75) is 122 Å². The lowest BCUT2D eigenvalue weighted by molar-refractivity contribution is -0.660. The van der Waals surface area contributed by atoms with Crippen LogP contribution in [-0.4, -0.2) is 0 Å². The second-order valence-electron chi connectivity index (χ2n) is 32.4. The van der Waals surface area contributed by atoms with Crippen LogP contribution in [0.5, 0.6) is 0 Å². The summed E-state index contributed by atoms with van der Waals surface area (Å²) in [6, 6.07) is 74.0. The third kappa shape index (κ3) is 14.5. The normalized spacial score (nSPS) is 13.2. The van der Waals surface area contributed by atoms with E-state index >= 15 is 0 Å². The van der Waals surface area contributed by atoms with Crippen LogP contribution < -0.4 is 22.8 Å². The predicted octanol–water partition coefficient (Wildman–Crippen LogP) is 26.3. The molecule has 0 bridgehead atoms. The molecule has 118 heavy (non-hydrogen) atoms. The molecule has 10 aromatic heterocycles. The van der Waals surface area contributed by atoms with Gasteiger partial charge in [-0.1, -0.05) is 161 Å². The number of nitrogens with zero attached hydrogens (tertiary/aromatic N) is 5. The van der Waals surface area contributed by atoms with Crippen LogP contribution in [0.25, 0.3) is 166 Å². The lowest BCUT2D eigenvalue weighted by Gasteiger charge is -2.10. The number of rotatable bonds is 7. The number of benzene rings is 10. The van der Waals surface area contributed by atoms with Crippen LogP contribution in [0.1, 0.15) is 127 Å². The highest BCUT2D eigenvalue weighted by molar-refractivity contribution is 6.15. The molecular formula is C108H106N5O5+5. The van der Waals surface area contributed by atoms with Gasteiger partial charge >= 0.3 is 0 Å². The van der Waals surface area contributed by atoms with Gasteiger partial charge < -0.3 is 22.1 Å². The minimum absolute atomic E-state index is 0.327. The maximum Gasteiger partial charge on any atom is 0.216 e. The molecule has 1 atom stereocenters. The SMILES string of the molecule is Cc1cc(-c2c(C)cc(C)c3c2oc2ccccc23)[n+](C)cc1C.Cc1cc(C)c2c(oc3ccccc32)c1-c1cc(C(C)C)cc[n+]1C.Cc1ccc(-c2c(C)cc(C)c3c2oc2ccccc23)[n+](C)c1.[2H]C([2H])([2H])C([2H])(C)c1cc[n+](C)c(-c2c(C)ccc3c2oc2ccccc23)c1.[2H]C([2H])([2H])c1ccc(-c2c(C)ccc3c2oc2ccccc23)[n+](C)c1. The molecule has 20 aromatic rings. The largest absolute Gasteiger partial charge is 0.455 e. The van der Waals surface area contributed by atoms with Crippen LogP contribution in [0, 0.1) is 83.0 Å². The van der Waals surface area contributed by atoms with Gasteiger partial charge in [-0.15, -0.1) is 0 Å². The van der Waals surface area contributed by atoms with Gasteiger partial charge in [0.25, 0.3) is 0 Å². The van der Waals surface area contributed by atoms with E-state index in [1.165, 1.54) is 129 Å². The van der Waals surface area contributed by atoms with Crippen molar-refractivity contribution in [1.29, 1.82) is 0 Å². The van der Waals surface area contributed by atoms with Crippen molar-refractivity contribution in [3.63, 3.8) is 0 Å². The molecule has 10 heterocycles. The molecular weight excluding hydrogens is 1450 g/mol. The highest BCUT2D eigenvalue weighted by Gasteiger charge is 2.29. The topological polar surface area (TPSA) is 85.1 Å². The van der Waals surface area contributed by atoms with Gasteiger partial charge in [-0.2, -0.15) is 0 Å². The fraction of sp³-hybridized carbons (Fsp3) is 0.213. The molecule has 588 valence electrons. The smallest absolute Gasteiger partial charge is 0.216 e. The number of fused-ring (bicyclic) bond motifs is 15. The molecule has 10 nitrogen and oxygen atoms in total. The maximum absolute atomic E-state index is 8.46. The number of para-hydroxylation sites is 5. The van der Waals surface area contributed by atoms with E-state index in [0.29, 0.717) is 17.0 Å². The van der Waals surface area contributed by atoms with E-state index in [1.807, 2.05) is 122 Å². The summed E-state index contributed by atoms with van der Waals surface area (Å²) in [4.78, 5) is 0.